The first-order valence-electron chi connectivity index (χ1n) is 8.00. The summed E-state index contributed by atoms with van der Waals surface area (Å²) < 4.78 is 1.88. The van der Waals surface area contributed by atoms with E-state index in [1.165, 1.54) is 24.9 Å². The summed E-state index contributed by atoms with van der Waals surface area (Å²) in [6.07, 6.45) is 11.9. The molecule has 1 saturated heterocycles. The molecule has 0 radical (unpaired) electrons. The van der Waals surface area contributed by atoms with Gasteiger partial charge < -0.3 is 5.32 Å². The standard InChI is InChI=1S/C16H22N6/c1-21-8-12(6-19-21)9-22-10-13-2-3-15(14(13)11-22)20-16-7-17-4-5-18-16/h4-8,13-15H,2-3,9-11H2,1H3,(H,18,20)/t13-,14+,15-/m1/s1. The molecule has 2 aromatic heterocycles. The summed E-state index contributed by atoms with van der Waals surface area (Å²) in [5.41, 5.74) is 1.31. The van der Waals surface area contributed by atoms with Crippen LogP contribution in [-0.2, 0) is 13.6 Å². The van der Waals surface area contributed by atoms with Crippen LogP contribution >= 0.6 is 0 Å². The minimum absolute atomic E-state index is 0.528. The van der Waals surface area contributed by atoms with E-state index in [4.69, 9.17) is 0 Å². The second-order valence-corrected chi connectivity index (χ2v) is 6.56. The molecule has 2 aromatic rings. The van der Waals surface area contributed by atoms with E-state index < -0.39 is 0 Å². The largest absolute Gasteiger partial charge is 0.366 e. The molecule has 0 amide bonds. The number of rotatable bonds is 4. The van der Waals surface area contributed by atoms with E-state index in [1.807, 2.05) is 24.1 Å². The average molecular weight is 298 g/mol. The van der Waals surface area contributed by atoms with Gasteiger partial charge in [-0.15, -0.1) is 0 Å². The van der Waals surface area contributed by atoms with Crippen LogP contribution in [0, 0.1) is 11.8 Å². The minimum Gasteiger partial charge on any atom is -0.366 e. The molecule has 1 aliphatic heterocycles. The molecule has 0 aromatic carbocycles. The van der Waals surface area contributed by atoms with Crippen LogP contribution < -0.4 is 5.32 Å². The molecule has 4 rings (SSSR count). The first-order valence-corrected chi connectivity index (χ1v) is 8.00. The zero-order chi connectivity index (χ0) is 14.9. The monoisotopic (exact) mass is 298 g/mol. The quantitative estimate of drug-likeness (QED) is 0.927. The Hall–Kier alpha value is -1.95. The van der Waals surface area contributed by atoms with E-state index in [0.29, 0.717) is 6.04 Å². The number of fused-ring (bicyclic) bond motifs is 1. The van der Waals surface area contributed by atoms with Crippen molar-refractivity contribution in [2.75, 3.05) is 18.4 Å². The molecule has 0 unspecified atom stereocenters. The number of nitrogens with one attached hydrogen (secondary N) is 1. The first kappa shape index (κ1) is 13.7. The Balaban J connectivity index is 1.38. The highest BCUT2D eigenvalue weighted by Crippen LogP contribution is 2.39. The zero-order valence-corrected chi connectivity index (χ0v) is 12.9. The summed E-state index contributed by atoms with van der Waals surface area (Å²) >= 11 is 0. The van der Waals surface area contributed by atoms with Gasteiger partial charge in [0.05, 0.1) is 12.4 Å². The lowest BCUT2D eigenvalue weighted by molar-refractivity contribution is 0.300. The number of aromatic nitrogens is 4. The van der Waals surface area contributed by atoms with Crippen molar-refractivity contribution < 1.29 is 0 Å². The topological polar surface area (TPSA) is 58.9 Å². The molecule has 116 valence electrons. The van der Waals surface area contributed by atoms with Gasteiger partial charge in [-0.05, 0) is 24.7 Å². The molecule has 2 fully saturated rings. The zero-order valence-electron chi connectivity index (χ0n) is 12.9. The molecule has 3 heterocycles. The molecule has 0 spiro atoms. The van der Waals surface area contributed by atoms with Gasteiger partial charge in [-0.2, -0.15) is 5.10 Å². The summed E-state index contributed by atoms with van der Waals surface area (Å²) in [7, 11) is 1.98. The molecule has 2 aliphatic rings. The molecule has 0 bridgehead atoms. The molecule has 6 heteroatoms. The third-order valence-corrected chi connectivity index (χ3v) is 4.99. The van der Waals surface area contributed by atoms with Crippen molar-refractivity contribution in [3.63, 3.8) is 0 Å². The maximum atomic E-state index is 4.35. The molecule has 1 aliphatic carbocycles. The smallest absolute Gasteiger partial charge is 0.144 e. The number of hydrogen-bond acceptors (Lipinski definition) is 5. The maximum absolute atomic E-state index is 4.35. The second kappa shape index (κ2) is 5.68. The second-order valence-electron chi connectivity index (χ2n) is 6.56. The highest BCUT2D eigenvalue weighted by atomic mass is 15.2. The van der Waals surface area contributed by atoms with Gasteiger partial charge in [0.1, 0.15) is 5.82 Å². The van der Waals surface area contributed by atoms with Crippen molar-refractivity contribution in [3.8, 4) is 0 Å². The van der Waals surface area contributed by atoms with E-state index in [0.717, 1.165) is 30.7 Å². The molecule has 1 N–H and O–H groups in total. The van der Waals surface area contributed by atoms with Crippen LogP contribution in [0.5, 0.6) is 0 Å². The third kappa shape index (κ3) is 2.70. The van der Waals surface area contributed by atoms with Crippen LogP contribution in [0.4, 0.5) is 5.82 Å². The fraction of sp³-hybridized carbons (Fsp3) is 0.562. The molecule has 22 heavy (non-hydrogen) atoms. The first-order chi connectivity index (χ1) is 10.8. The predicted octanol–water partition coefficient (Wildman–Crippen LogP) is 1.53. The number of anilines is 1. The Labute approximate surface area is 130 Å². The summed E-state index contributed by atoms with van der Waals surface area (Å²) in [6, 6.07) is 0.528. The Bertz CT molecular complexity index is 625. The van der Waals surface area contributed by atoms with E-state index in [2.05, 4.69) is 31.5 Å². The van der Waals surface area contributed by atoms with Crippen molar-refractivity contribution in [3.05, 3.63) is 36.5 Å². The fourth-order valence-corrected chi connectivity index (χ4v) is 4.04. The van der Waals surface area contributed by atoms with Crippen molar-refractivity contribution in [1.29, 1.82) is 0 Å². The predicted molar refractivity (Wildman–Crippen MR) is 84.1 cm³/mol. The number of hydrogen-bond donors (Lipinski definition) is 1. The minimum atomic E-state index is 0.528. The van der Waals surface area contributed by atoms with Crippen molar-refractivity contribution in [2.24, 2.45) is 18.9 Å². The fourth-order valence-electron chi connectivity index (χ4n) is 4.04. The van der Waals surface area contributed by atoms with Crippen LogP contribution in [0.2, 0.25) is 0 Å². The van der Waals surface area contributed by atoms with Gasteiger partial charge >= 0.3 is 0 Å². The lowest BCUT2D eigenvalue weighted by atomic mass is 9.98. The van der Waals surface area contributed by atoms with Crippen LogP contribution in [0.1, 0.15) is 18.4 Å². The Morgan fingerprint density at radius 3 is 2.95 bits per heavy atom. The number of nitrogens with zero attached hydrogens (tertiary/aromatic N) is 5. The van der Waals surface area contributed by atoms with Gasteiger partial charge in [0.2, 0.25) is 0 Å². The van der Waals surface area contributed by atoms with Crippen LogP contribution in [-0.4, -0.2) is 43.8 Å². The summed E-state index contributed by atoms with van der Waals surface area (Å²) in [6.45, 7) is 3.38. The van der Waals surface area contributed by atoms with Gasteiger partial charge in [0.15, 0.2) is 0 Å². The molecule has 6 nitrogen and oxygen atoms in total. The third-order valence-electron chi connectivity index (χ3n) is 4.99. The van der Waals surface area contributed by atoms with Crippen LogP contribution in [0.15, 0.2) is 31.0 Å². The molecule has 1 saturated carbocycles. The van der Waals surface area contributed by atoms with Gasteiger partial charge in [-0.1, -0.05) is 0 Å². The summed E-state index contributed by atoms with van der Waals surface area (Å²) in [5, 5.41) is 7.85. The summed E-state index contributed by atoms with van der Waals surface area (Å²) in [4.78, 5) is 11.1. The van der Waals surface area contributed by atoms with E-state index in [-0.39, 0.29) is 0 Å². The van der Waals surface area contributed by atoms with Gasteiger partial charge in [0, 0.05) is 56.9 Å². The number of likely N-dealkylation sites (tertiary alicyclic amines) is 1. The van der Waals surface area contributed by atoms with Gasteiger partial charge in [-0.3, -0.25) is 14.6 Å². The Kier molecular flexibility index (Phi) is 3.54. The molecular weight excluding hydrogens is 276 g/mol. The van der Waals surface area contributed by atoms with Gasteiger partial charge in [-0.25, -0.2) is 4.98 Å². The van der Waals surface area contributed by atoms with E-state index >= 15 is 0 Å². The van der Waals surface area contributed by atoms with Crippen molar-refractivity contribution in [2.45, 2.75) is 25.4 Å². The van der Waals surface area contributed by atoms with E-state index in [9.17, 15) is 0 Å². The van der Waals surface area contributed by atoms with E-state index in [1.54, 1.807) is 12.4 Å². The van der Waals surface area contributed by atoms with Crippen LogP contribution in [0.3, 0.4) is 0 Å². The van der Waals surface area contributed by atoms with Crippen LogP contribution in [0.25, 0.3) is 0 Å². The maximum Gasteiger partial charge on any atom is 0.144 e. The SMILES string of the molecule is Cn1cc(CN2C[C@H]3CC[C@@H](Nc4cnccn4)[C@H]3C2)cn1. The lowest BCUT2D eigenvalue weighted by Crippen LogP contribution is -2.30. The molecule has 3 atom stereocenters. The average Bonchev–Trinajstić information content (AvgIpc) is 3.19. The lowest BCUT2D eigenvalue weighted by Gasteiger charge is -2.21. The highest BCUT2D eigenvalue weighted by Gasteiger charge is 2.42. The van der Waals surface area contributed by atoms with Crippen molar-refractivity contribution in [1.82, 2.24) is 24.6 Å². The Morgan fingerprint density at radius 1 is 1.23 bits per heavy atom. The highest BCUT2D eigenvalue weighted by molar-refractivity contribution is 5.32. The van der Waals surface area contributed by atoms with Gasteiger partial charge in [0.25, 0.3) is 0 Å². The van der Waals surface area contributed by atoms with Crippen molar-refractivity contribution >= 4 is 5.82 Å². The normalized spacial score (nSPS) is 28.0. The summed E-state index contributed by atoms with van der Waals surface area (Å²) in [5.74, 6) is 2.43. The molecular formula is C16H22N6. The Morgan fingerprint density at radius 2 is 2.18 bits per heavy atom. The number of aryl methyl sites for hydroxylation is 1.